The topological polar surface area (TPSA) is 95.7 Å². The van der Waals surface area contributed by atoms with Crippen molar-refractivity contribution in [2.45, 2.75) is 36.3 Å². The maximum absolute atomic E-state index is 12.2. The molecule has 9 heteroatoms. The van der Waals surface area contributed by atoms with Crippen LogP contribution in [0.3, 0.4) is 0 Å². The maximum atomic E-state index is 12.2. The van der Waals surface area contributed by atoms with Crippen molar-refractivity contribution in [1.29, 1.82) is 0 Å². The Morgan fingerprint density at radius 3 is 3.08 bits per heavy atom. The van der Waals surface area contributed by atoms with E-state index in [2.05, 4.69) is 15.5 Å². The summed E-state index contributed by atoms with van der Waals surface area (Å²) in [5.41, 5.74) is 0.740. The highest BCUT2D eigenvalue weighted by Gasteiger charge is 2.22. The summed E-state index contributed by atoms with van der Waals surface area (Å²) in [6.07, 6.45) is 2.16. The largest absolute Gasteiger partial charge is 0.454 e. The minimum atomic E-state index is -0.346. The highest BCUT2D eigenvalue weighted by molar-refractivity contribution is 8.00. The Balaban J connectivity index is 1.34. The number of aromatic nitrogens is 2. The molecule has 2 atom stereocenters. The third-order valence-electron chi connectivity index (χ3n) is 4.20. The van der Waals surface area contributed by atoms with Crippen molar-refractivity contribution >= 4 is 17.7 Å². The van der Waals surface area contributed by atoms with Gasteiger partial charge in [0.05, 0.1) is 11.4 Å². The van der Waals surface area contributed by atoms with Crippen LogP contribution in [-0.4, -0.2) is 47.4 Å². The first kappa shape index (κ1) is 17.2. The fourth-order valence-corrected chi connectivity index (χ4v) is 3.48. The molecule has 1 fully saturated rings. The number of carbonyl (C=O) groups is 1. The minimum Gasteiger partial charge on any atom is -0.454 e. The third-order valence-corrected chi connectivity index (χ3v) is 5.14. The summed E-state index contributed by atoms with van der Waals surface area (Å²) in [4.78, 5) is 12.2. The summed E-state index contributed by atoms with van der Waals surface area (Å²) in [7, 11) is 0. The number of nitrogens with zero attached hydrogens (tertiary/aromatic N) is 2. The molecule has 1 N–H and O–H groups in total. The highest BCUT2D eigenvalue weighted by Crippen LogP contribution is 2.36. The number of nitrogens with one attached hydrogen (secondary N) is 1. The van der Waals surface area contributed by atoms with Gasteiger partial charge < -0.3 is 23.9 Å². The smallest absolute Gasteiger partial charge is 0.277 e. The zero-order valence-corrected chi connectivity index (χ0v) is 15.1. The van der Waals surface area contributed by atoms with E-state index in [0.717, 1.165) is 25.0 Å². The van der Waals surface area contributed by atoms with Crippen LogP contribution in [0.15, 0.2) is 27.8 Å². The van der Waals surface area contributed by atoms with Crippen LogP contribution in [0.25, 0.3) is 11.5 Å². The second-order valence-electron chi connectivity index (χ2n) is 6.08. The number of ether oxygens (including phenoxy) is 3. The Morgan fingerprint density at radius 1 is 1.35 bits per heavy atom. The minimum absolute atomic E-state index is 0.0756. The highest BCUT2D eigenvalue weighted by atomic mass is 32.2. The summed E-state index contributed by atoms with van der Waals surface area (Å²) in [5.74, 6) is 1.64. The first-order valence-corrected chi connectivity index (χ1v) is 9.36. The first-order chi connectivity index (χ1) is 12.7. The van der Waals surface area contributed by atoms with Crippen molar-refractivity contribution in [2.75, 3.05) is 19.9 Å². The SMILES string of the molecule is C[C@@H](Sc1nnc(-c2ccc3c(c2)OCO3)o1)C(=O)NC[C@@H]1CCCO1. The average molecular weight is 377 g/mol. The zero-order valence-electron chi connectivity index (χ0n) is 14.3. The Kier molecular flexibility index (Phi) is 4.98. The molecule has 2 aromatic rings. The van der Waals surface area contributed by atoms with Crippen LogP contribution < -0.4 is 14.8 Å². The Morgan fingerprint density at radius 2 is 2.23 bits per heavy atom. The Hall–Kier alpha value is -2.26. The van der Waals surface area contributed by atoms with Crippen LogP contribution in [0.1, 0.15) is 19.8 Å². The van der Waals surface area contributed by atoms with E-state index in [1.807, 2.05) is 6.07 Å². The lowest BCUT2D eigenvalue weighted by Gasteiger charge is -2.13. The molecule has 2 aliphatic rings. The second kappa shape index (κ2) is 7.55. The van der Waals surface area contributed by atoms with Crippen LogP contribution in [0.2, 0.25) is 0 Å². The molecule has 0 bridgehead atoms. The standard InChI is InChI=1S/C17H19N3O5S/c1-10(15(21)18-8-12-3-2-6-22-12)26-17-20-19-16(25-17)11-4-5-13-14(7-11)24-9-23-13/h4-5,7,10,12H,2-3,6,8-9H2,1H3,(H,18,21)/t10-,12+/m1/s1. The lowest BCUT2D eigenvalue weighted by molar-refractivity contribution is -0.120. The molecule has 8 nitrogen and oxygen atoms in total. The molecule has 0 saturated carbocycles. The van der Waals surface area contributed by atoms with Crippen molar-refractivity contribution in [3.05, 3.63) is 18.2 Å². The van der Waals surface area contributed by atoms with Gasteiger partial charge in [-0.2, -0.15) is 0 Å². The predicted molar refractivity (Wildman–Crippen MR) is 93.2 cm³/mol. The number of rotatable bonds is 6. The van der Waals surface area contributed by atoms with E-state index in [4.69, 9.17) is 18.6 Å². The molecule has 0 spiro atoms. The van der Waals surface area contributed by atoms with E-state index in [1.54, 1.807) is 19.1 Å². The van der Waals surface area contributed by atoms with Gasteiger partial charge in [-0.25, -0.2) is 0 Å². The molecule has 3 heterocycles. The molecule has 1 aromatic carbocycles. The molecule has 0 unspecified atom stereocenters. The number of amides is 1. The number of hydrogen-bond acceptors (Lipinski definition) is 8. The van der Waals surface area contributed by atoms with Gasteiger partial charge in [-0.1, -0.05) is 11.8 Å². The molecule has 1 saturated heterocycles. The normalized spacial score (nSPS) is 19.5. The predicted octanol–water partition coefficient (Wildman–Crippen LogP) is 2.24. The molecule has 138 valence electrons. The van der Waals surface area contributed by atoms with Gasteiger partial charge in [0.25, 0.3) is 5.22 Å². The van der Waals surface area contributed by atoms with Crippen molar-refractivity contribution in [1.82, 2.24) is 15.5 Å². The van der Waals surface area contributed by atoms with Crippen LogP contribution in [0.4, 0.5) is 0 Å². The number of hydrogen-bond donors (Lipinski definition) is 1. The van der Waals surface area contributed by atoms with E-state index in [0.29, 0.717) is 29.2 Å². The number of carbonyl (C=O) groups excluding carboxylic acids is 1. The molecule has 2 aliphatic heterocycles. The van der Waals surface area contributed by atoms with Crippen molar-refractivity contribution in [3.63, 3.8) is 0 Å². The van der Waals surface area contributed by atoms with Crippen LogP contribution in [0, 0.1) is 0 Å². The lowest BCUT2D eigenvalue weighted by Crippen LogP contribution is -2.36. The van der Waals surface area contributed by atoms with Gasteiger partial charge in [0.2, 0.25) is 18.6 Å². The van der Waals surface area contributed by atoms with Crippen molar-refractivity contribution in [3.8, 4) is 23.0 Å². The van der Waals surface area contributed by atoms with Crippen molar-refractivity contribution in [2.24, 2.45) is 0 Å². The quantitative estimate of drug-likeness (QED) is 0.766. The van der Waals surface area contributed by atoms with E-state index >= 15 is 0 Å². The molecular formula is C17H19N3O5S. The molecule has 0 radical (unpaired) electrons. The Bertz CT molecular complexity index is 790. The zero-order chi connectivity index (χ0) is 17.9. The van der Waals surface area contributed by atoms with E-state index in [1.165, 1.54) is 11.8 Å². The average Bonchev–Trinajstić information content (AvgIpc) is 3.39. The molecule has 1 amide bonds. The summed E-state index contributed by atoms with van der Waals surface area (Å²) in [5, 5.41) is 11.0. The summed E-state index contributed by atoms with van der Waals surface area (Å²) in [6.45, 7) is 3.33. The number of fused-ring (bicyclic) bond motifs is 1. The van der Waals surface area contributed by atoms with Gasteiger partial charge in [0.15, 0.2) is 11.5 Å². The molecule has 4 rings (SSSR count). The summed E-state index contributed by atoms with van der Waals surface area (Å²) in [6, 6.07) is 5.42. The van der Waals surface area contributed by atoms with Crippen LogP contribution in [-0.2, 0) is 9.53 Å². The van der Waals surface area contributed by atoms with Gasteiger partial charge in [-0.3, -0.25) is 4.79 Å². The summed E-state index contributed by atoms with van der Waals surface area (Å²) < 4.78 is 21.8. The lowest BCUT2D eigenvalue weighted by atomic mass is 10.2. The molecule has 0 aliphatic carbocycles. The Labute approximate surface area is 154 Å². The second-order valence-corrected chi connectivity index (χ2v) is 7.37. The molecule has 1 aromatic heterocycles. The van der Waals surface area contributed by atoms with Crippen LogP contribution in [0.5, 0.6) is 11.5 Å². The van der Waals surface area contributed by atoms with E-state index < -0.39 is 0 Å². The van der Waals surface area contributed by atoms with E-state index in [-0.39, 0.29) is 24.1 Å². The number of benzene rings is 1. The monoisotopic (exact) mass is 377 g/mol. The molecular weight excluding hydrogens is 358 g/mol. The fraction of sp³-hybridized carbons (Fsp3) is 0.471. The fourth-order valence-electron chi connectivity index (χ4n) is 2.77. The van der Waals surface area contributed by atoms with Gasteiger partial charge >= 0.3 is 0 Å². The van der Waals surface area contributed by atoms with Gasteiger partial charge in [0, 0.05) is 18.7 Å². The first-order valence-electron chi connectivity index (χ1n) is 8.48. The van der Waals surface area contributed by atoms with Crippen LogP contribution >= 0.6 is 11.8 Å². The van der Waals surface area contributed by atoms with Crippen molar-refractivity contribution < 1.29 is 23.4 Å². The summed E-state index contributed by atoms with van der Waals surface area (Å²) >= 11 is 1.23. The van der Waals surface area contributed by atoms with Gasteiger partial charge in [0.1, 0.15) is 0 Å². The van der Waals surface area contributed by atoms with Gasteiger partial charge in [-0.15, -0.1) is 10.2 Å². The van der Waals surface area contributed by atoms with Gasteiger partial charge in [-0.05, 0) is 38.0 Å². The maximum Gasteiger partial charge on any atom is 0.277 e. The number of thioether (sulfide) groups is 1. The third kappa shape index (κ3) is 3.78. The molecule has 26 heavy (non-hydrogen) atoms. The van der Waals surface area contributed by atoms with E-state index in [9.17, 15) is 4.79 Å².